The van der Waals surface area contributed by atoms with E-state index in [0.717, 1.165) is 6.26 Å². The second-order valence-electron chi connectivity index (χ2n) is 5.21. The Hall–Kier alpha value is -0.250. The minimum atomic E-state index is -3.59. The molecule has 3 heterocycles. The van der Waals surface area contributed by atoms with Crippen molar-refractivity contribution in [1.82, 2.24) is 0 Å². The monoisotopic (exact) mass is 280 g/mol. The Morgan fingerprint density at radius 1 is 1.22 bits per heavy atom. The van der Waals surface area contributed by atoms with E-state index in [1.54, 1.807) is 13.8 Å². The molecule has 3 aliphatic rings. The van der Waals surface area contributed by atoms with Crippen molar-refractivity contribution >= 4 is 10.1 Å². The van der Waals surface area contributed by atoms with Crippen LogP contribution in [-0.4, -0.2) is 57.8 Å². The van der Waals surface area contributed by atoms with Crippen LogP contribution in [0.2, 0.25) is 0 Å². The lowest BCUT2D eigenvalue weighted by Gasteiger charge is -2.24. The lowest BCUT2D eigenvalue weighted by Crippen LogP contribution is -2.40. The Morgan fingerprint density at radius 3 is 2.44 bits per heavy atom. The molecule has 3 rings (SSSR count). The van der Waals surface area contributed by atoms with Crippen molar-refractivity contribution in [2.75, 3.05) is 12.9 Å². The average Bonchev–Trinajstić information content (AvgIpc) is 2.90. The Labute approximate surface area is 105 Å². The molecule has 0 amide bonds. The minimum Gasteiger partial charge on any atom is -0.370 e. The first-order valence-corrected chi connectivity index (χ1v) is 7.58. The summed E-state index contributed by atoms with van der Waals surface area (Å²) in [7, 11) is -3.59. The lowest BCUT2D eigenvalue weighted by molar-refractivity contribution is -0.214. The van der Waals surface area contributed by atoms with E-state index in [9.17, 15) is 8.42 Å². The first kappa shape index (κ1) is 12.8. The van der Waals surface area contributed by atoms with Gasteiger partial charge in [0, 0.05) is 0 Å². The fourth-order valence-electron chi connectivity index (χ4n) is 2.36. The van der Waals surface area contributed by atoms with Crippen molar-refractivity contribution in [3.63, 3.8) is 0 Å². The maximum Gasteiger partial charge on any atom is 0.264 e. The second-order valence-corrected chi connectivity index (χ2v) is 6.81. The normalized spacial score (nSPS) is 46.1. The van der Waals surface area contributed by atoms with E-state index < -0.39 is 40.5 Å². The minimum absolute atomic E-state index is 0.141. The molecule has 0 aromatic heterocycles. The topological polar surface area (TPSA) is 83.6 Å². The van der Waals surface area contributed by atoms with E-state index in [0.29, 0.717) is 6.61 Å². The van der Waals surface area contributed by atoms with E-state index >= 15 is 0 Å². The van der Waals surface area contributed by atoms with Gasteiger partial charge >= 0.3 is 0 Å². The largest absolute Gasteiger partial charge is 0.370 e. The maximum atomic E-state index is 11.3. The van der Waals surface area contributed by atoms with Crippen LogP contribution in [0.4, 0.5) is 0 Å². The molecule has 18 heavy (non-hydrogen) atoms. The number of hydrogen-bond acceptors (Lipinski definition) is 7. The third-order valence-corrected chi connectivity index (χ3v) is 3.61. The Balaban J connectivity index is 1.81. The van der Waals surface area contributed by atoms with Crippen LogP contribution < -0.4 is 0 Å². The van der Waals surface area contributed by atoms with Gasteiger partial charge in [0.25, 0.3) is 10.1 Å². The molecule has 3 fully saturated rings. The van der Waals surface area contributed by atoms with E-state index in [1.807, 2.05) is 0 Å². The molecule has 0 aliphatic carbocycles. The summed E-state index contributed by atoms with van der Waals surface area (Å²) in [5, 5.41) is 0. The zero-order valence-corrected chi connectivity index (χ0v) is 11.2. The second kappa shape index (κ2) is 3.87. The van der Waals surface area contributed by atoms with E-state index in [4.69, 9.17) is 23.1 Å². The summed E-state index contributed by atoms with van der Waals surface area (Å²) >= 11 is 0. The van der Waals surface area contributed by atoms with Gasteiger partial charge in [-0.2, -0.15) is 8.42 Å². The average molecular weight is 280 g/mol. The highest BCUT2D eigenvalue weighted by Gasteiger charge is 2.60. The summed E-state index contributed by atoms with van der Waals surface area (Å²) in [5.74, 6) is -0.802. The molecule has 7 nitrogen and oxygen atoms in total. The Bertz CT molecular complexity index is 441. The first-order chi connectivity index (χ1) is 8.25. The summed E-state index contributed by atoms with van der Waals surface area (Å²) in [5.41, 5.74) is 0. The molecule has 3 saturated heterocycles. The molecule has 0 spiro atoms. The molecule has 0 bridgehead atoms. The number of ether oxygens (including phenoxy) is 4. The van der Waals surface area contributed by atoms with Crippen molar-refractivity contribution in [3.8, 4) is 0 Å². The van der Waals surface area contributed by atoms with Crippen LogP contribution in [0.1, 0.15) is 13.8 Å². The van der Waals surface area contributed by atoms with Crippen LogP contribution in [0.25, 0.3) is 0 Å². The van der Waals surface area contributed by atoms with Crippen LogP contribution in [0.5, 0.6) is 0 Å². The summed E-state index contributed by atoms with van der Waals surface area (Å²) in [6.07, 6.45) is -1.49. The highest BCUT2D eigenvalue weighted by molar-refractivity contribution is 7.86. The van der Waals surface area contributed by atoms with Crippen molar-refractivity contribution < 1.29 is 31.5 Å². The molecule has 0 radical (unpaired) electrons. The highest BCUT2D eigenvalue weighted by Crippen LogP contribution is 2.42. The molecule has 0 aromatic rings. The van der Waals surface area contributed by atoms with Gasteiger partial charge in [0.2, 0.25) is 0 Å². The molecule has 0 N–H and O–H groups in total. The number of epoxide rings is 1. The van der Waals surface area contributed by atoms with Crippen molar-refractivity contribution in [1.29, 1.82) is 0 Å². The van der Waals surface area contributed by atoms with Crippen LogP contribution >= 0.6 is 0 Å². The summed E-state index contributed by atoms with van der Waals surface area (Å²) in [4.78, 5) is 0. The van der Waals surface area contributed by atoms with Crippen LogP contribution in [-0.2, 0) is 33.2 Å². The molecule has 104 valence electrons. The third-order valence-electron chi connectivity index (χ3n) is 3.04. The zero-order valence-electron chi connectivity index (χ0n) is 10.4. The van der Waals surface area contributed by atoms with Gasteiger partial charge in [-0.15, -0.1) is 0 Å². The van der Waals surface area contributed by atoms with Crippen LogP contribution in [0.3, 0.4) is 0 Å². The molecule has 5 atom stereocenters. The van der Waals surface area contributed by atoms with Crippen molar-refractivity contribution in [3.05, 3.63) is 0 Å². The maximum absolute atomic E-state index is 11.3. The standard InChI is InChI=1S/C10H16O7S/c1-10(2)15-8-7(17-18(3,11)12)6(5-4-13-5)14-9(8)16-10/h5-9H,4H2,1-3H3/t5-,6+,7-,8+,9+/m0/s1. The molecule has 3 aliphatic heterocycles. The molecule has 0 aromatic carbocycles. The van der Waals surface area contributed by atoms with Gasteiger partial charge in [-0.25, -0.2) is 0 Å². The number of fused-ring (bicyclic) bond motifs is 1. The summed E-state index contributed by atoms with van der Waals surface area (Å²) < 4.78 is 49.7. The Kier molecular flexibility index (Phi) is 2.75. The fraction of sp³-hybridized carbons (Fsp3) is 1.00. The van der Waals surface area contributed by atoms with E-state index in [1.165, 1.54) is 0 Å². The Morgan fingerprint density at radius 2 is 1.89 bits per heavy atom. The number of hydrogen-bond donors (Lipinski definition) is 0. The van der Waals surface area contributed by atoms with Gasteiger partial charge in [-0.3, -0.25) is 4.18 Å². The van der Waals surface area contributed by atoms with Gasteiger partial charge in [0.15, 0.2) is 12.1 Å². The van der Waals surface area contributed by atoms with Crippen molar-refractivity contribution in [2.45, 2.75) is 50.3 Å². The van der Waals surface area contributed by atoms with Gasteiger partial charge in [-0.1, -0.05) is 0 Å². The van der Waals surface area contributed by atoms with E-state index in [-0.39, 0.29) is 6.10 Å². The van der Waals surface area contributed by atoms with Gasteiger partial charge in [0.1, 0.15) is 24.4 Å². The van der Waals surface area contributed by atoms with Crippen LogP contribution in [0.15, 0.2) is 0 Å². The van der Waals surface area contributed by atoms with Gasteiger partial charge in [-0.05, 0) is 13.8 Å². The molecule has 0 saturated carbocycles. The molecular formula is C10H16O7S. The molecule has 0 unspecified atom stereocenters. The first-order valence-electron chi connectivity index (χ1n) is 5.76. The molecular weight excluding hydrogens is 264 g/mol. The van der Waals surface area contributed by atoms with Gasteiger partial charge in [0.05, 0.1) is 12.9 Å². The summed E-state index contributed by atoms with van der Waals surface area (Å²) in [6.45, 7) is 4.03. The van der Waals surface area contributed by atoms with E-state index in [2.05, 4.69) is 0 Å². The predicted octanol–water partition coefficient (Wildman–Crippen LogP) is -0.394. The highest BCUT2D eigenvalue weighted by atomic mass is 32.2. The SMILES string of the molecule is CC1(C)O[C@H]2O[C@H]([C@@H]3CO3)[C@H](OS(C)(=O)=O)[C@H]2O1. The zero-order chi connectivity index (χ0) is 13.1. The van der Waals surface area contributed by atoms with Crippen molar-refractivity contribution in [2.24, 2.45) is 0 Å². The predicted molar refractivity (Wildman–Crippen MR) is 58.2 cm³/mol. The summed E-state index contributed by atoms with van der Waals surface area (Å²) in [6, 6.07) is 0. The van der Waals surface area contributed by atoms with Crippen LogP contribution in [0, 0.1) is 0 Å². The number of rotatable bonds is 3. The third kappa shape index (κ3) is 2.40. The smallest absolute Gasteiger partial charge is 0.264 e. The van der Waals surface area contributed by atoms with Gasteiger partial charge < -0.3 is 18.9 Å². The quantitative estimate of drug-likeness (QED) is 0.514. The fourth-order valence-corrected chi connectivity index (χ4v) is 2.98. The lowest BCUT2D eigenvalue weighted by atomic mass is 10.1. The molecule has 8 heteroatoms.